The Bertz CT molecular complexity index is 1170. The van der Waals surface area contributed by atoms with Crippen molar-refractivity contribution in [1.29, 1.82) is 5.26 Å². The number of esters is 1. The summed E-state index contributed by atoms with van der Waals surface area (Å²) in [5.41, 5.74) is 1.52. The van der Waals surface area contributed by atoms with Crippen molar-refractivity contribution >= 4 is 57.8 Å². The molecule has 0 spiro atoms. The molecule has 0 aromatic heterocycles. The number of amides is 1. The van der Waals surface area contributed by atoms with Crippen LogP contribution in [0.1, 0.15) is 15.9 Å². The average molecular weight is 529 g/mol. The lowest BCUT2D eigenvalue weighted by molar-refractivity contribution is -0.112. The molecule has 0 atom stereocenters. The number of carbonyl (C=O) groups is 2. The normalized spacial score (nSPS) is 10.8. The van der Waals surface area contributed by atoms with E-state index in [0.29, 0.717) is 27.6 Å². The standard InChI is InChI=1S/C23H14ClIN2O3/c24-18-4-1-3-16(12-18)23(29)30-21-9-7-15(8-10-21)11-17(14-26)22(28)27-20-6-2-5-19(25)13-20/h1-13H,(H,27,28)/b17-11+. The van der Waals surface area contributed by atoms with Gasteiger partial charge < -0.3 is 10.1 Å². The van der Waals surface area contributed by atoms with Crippen LogP contribution in [0, 0.1) is 14.9 Å². The highest BCUT2D eigenvalue weighted by Gasteiger charge is 2.11. The predicted octanol–water partition coefficient (Wildman–Crippen LogP) is 5.71. The van der Waals surface area contributed by atoms with Gasteiger partial charge in [0.05, 0.1) is 5.56 Å². The van der Waals surface area contributed by atoms with Gasteiger partial charge in [0.15, 0.2) is 0 Å². The molecule has 148 valence electrons. The van der Waals surface area contributed by atoms with Gasteiger partial charge in [-0.1, -0.05) is 35.9 Å². The zero-order chi connectivity index (χ0) is 21.5. The minimum Gasteiger partial charge on any atom is -0.423 e. The van der Waals surface area contributed by atoms with E-state index in [0.717, 1.165) is 3.57 Å². The predicted molar refractivity (Wildman–Crippen MR) is 124 cm³/mol. The summed E-state index contributed by atoms with van der Waals surface area (Å²) in [6.07, 6.45) is 1.46. The van der Waals surface area contributed by atoms with E-state index in [1.807, 2.05) is 18.2 Å². The lowest BCUT2D eigenvalue weighted by Gasteiger charge is -2.06. The summed E-state index contributed by atoms with van der Waals surface area (Å²) in [6, 6.07) is 22.1. The van der Waals surface area contributed by atoms with Crippen molar-refractivity contribution in [2.24, 2.45) is 0 Å². The maximum atomic E-state index is 12.4. The third kappa shape index (κ3) is 5.92. The minimum absolute atomic E-state index is 0.0440. The van der Waals surface area contributed by atoms with Crippen LogP contribution < -0.4 is 10.1 Å². The van der Waals surface area contributed by atoms with Crippen molar-refractivity contribution in [3.05, 3.63) is 98.1 Å². The van der Waals surface area contributed by atoms with Gasteiger partial charge in [-0.05, 0) is 82.8 Å². The van der Waals surface area contributed by atoms with Crippen LogP contribution >= 0.6 is 34.2 Å². The van der Waals surface area contributed by atoms with Crippen molar-refractivity contribution in [2.75, 3.05) is 5.32 Å². The van der Waals surface area contributed by atoms with Crippen LogP contribution in [0.3, 0.4) is 0 Å². The lowest BCUT2D eigenvalue weighted by atomic mass is 10.1. The summed E-state index contributed by atoms with van der Waals surface area (Å²) in [4.78, 5) is 24.5. The zero-order valence-corrected chi connectivity index (χ0v) is 18.3. The maximum absolute atomic E-state index is 12.4. The lowest BCUT2D eigenvalue weighted by Crippen LogP contribution is -2.13. The van der Waals surface area contributed by atoms with Crippen molar-refractivity contribution in [3.8, 4) is 11.8 Å². The fourth-order valence-electron chi connectivity index (χ4n) is 2.49. The first kappa shape index (κ1) is 21.6. The highest BCUT2D eigenvalue weighted by molar-refractivity contribution is 14.1. The van der Waals surface area contributed by atoms with Gasteiger partial charge >= 0.3 is 5.97 Å². The Morgan fingerprint density at radius 2 is 1.77 bits per heavy atom. The zero-order valence-electron chi connectivity index (χ0n) is 15.4. The molecule has 0 heterocycles. The van der Waals surface area contributed by atoms with Crippen molar-refractivity contribution in [3.63, 3.8) is 0 Å². The van der Waals surface area contributed by atoms with E-state index in [1.54, 1.807) is 54.6 Å². The molecule has 0 aliphatic heterocycles. The van der Waals surface area contributed by atoms with Gasteiger partial charge in [-0.3, -0.25) is 4.79 Å². The smallest absolute Gasteiger partial charge is 0.343 e. The molecule has 3 rings (SSSR count). The second-order valence-electron chi connectivity index (χ2n) is 6.10. The summed E-state index contributed by atoms with van der Waals surface area (Å²) in [6.45, 7) is 0. The molecule has 0 unspecified atom stereocenters. The molecule has 0 saturated heterocycles. The van der Waals surface area contributed by atoms with Crippen LogP contribution in [0.5, 0.6) is 5.75 Å². The summed E-state index contributed by atoms with van der Waals surface area (Å²) in [5, 5.41) is 12.5. The van der Waals surface area contributed by atoms with Gasteiger partial charge in [0.1, 0.15) is 17.4 Å². The Kier molecular flexibility index (Phi) is 7.22. The Morgan fingerprint density at radius 1 is 1.03 bits per heavy atom. The Morgan fingerprint density at radius 3 is 2.43 bits per heavy atom. The van der Waals surface area contributed by atoms with Crippen LogP contribution in [0.2, 0.25) is 5.02 Å². The van der Waals surface area contributed by atoms with E-state index < -0.39 is 11.9 Å². The number of ether oxygens (including phenoxy) is 1. The topological polar surface area (TPSA) is 79.2 Å². The number of halogens is 2. The van der Waals surface area contributed by atoms with Crippen molar-refractivity contribution < 1.29 is 14.3 Å². The monoisotopic (exact) mass is 528 g/mol. The van der Waals surface area contributed by atoms with Crippen LogP contribution in [-0.2, 0) is 4.79 Å². The number of carbonyl (C=O) groups excluding carboxylic acids is 2. The number of benzene rings is 3. The van der Waals surface area contributed by atoms with Gasteiger partial charge in [-0.25, -0.2) is 4.79 Å². The minimum atomic E-state index is -0.532. The molecule has 3 aromatic carbocycles. The van der Waals surface area contributed by atoms with Gasteiger partial charge in [-0.15, -0.1) is 0 Å². The molecule has 30 heavy (non-hydrogen) atoms. The Labute approximate surface area is 192 Å². The van der Waals surface area contributed by atoms with Crippen LogP contribution in [0.4, 0.5) is 5.69 Å². The van der Waals surface area contributed by atoms with Gasteiger partial charge in [0, 0.05) is 14.3 Å². The Hall–Kier alpha value is -3.15. The third-order valence-corrected chi connectivity index (χ3v) is 4.82. The van der Waals surface area contributed by atoms with E-state index in [4.69, 9.17) is 16.3 Å². The highest BCUT2D eigenvalue weighted by atomic mass is 127. The van der Waals surface area contributed by atoms with E-state index in [-0.39, 0.29) is 5.57 Å². The maximum Gasteiger partial charge on any atom is 0.343 e. The second kappa shape index (κ2) is 10.1. The van der Waals surface area contributed by atoms with Gasteiger partial charge in [-0.2, -0.15) is 5.26 Å². The van der Waals surface area contributed by atoms with Crippen molar-refractivity contribution in [1.82, 2.24) is 0 Å². The molecule has 3 aromatic rings. The largest absolute Gasteiger partial charge is 0.423 e. The van der Waals surface area contributed by atoms with E-state index in [2.05, 4.69) is 27.9 Å². The molecule has 0 aliphatic carbocycles. The van der Waals surface area contributed by atoms with Crippen molar-refractivity contribution in [2.45, 2.75) is 0 Å². The number of nitrogens with zero attached hydrogens (tertiary/aromatic N) is 1. The molecular weight excluding hydrogens is 515 g/mol. The molecule has 0 fully saturated rings. The summed E-state index contributed by atoms with van der Waals surface area (Å²) in [7, 11) is 0. The van der Waals surface area contributed by atoms with Crippen LogP contribution in [0.15, 0.2) is 78.4 Å². The SMILES string of the molecule is N#C/C(=C\c1ccc(OC(=O)c2cccc(Cl)c2)cc1)C(=O)Nc1cccc(I)c1. The first-order valence-electron chi connectivity index (χ1n) is 8.71. The number of nitriles is 1. The third-order valence-electron chi connectivity index (χ3n) is 3.91. The summed E-state index contributed by atoms with van der Waals surface area (Å²) < 4.78 is 6.28. The average Bonchev–Trinajstić information content (AvgIpc) is 2.73. The Balaban J connectivity index is 1.69. The molecule has 0 saturated carbocycles. The van der Waals surface area contributed by atoms with Gasteiger partial charge in [0.25, 0.3) is 5.91 Å². The number of nitrogens with one attached hydrogen (secondary N) is 1. The molecule has 7 heteroatoms. The molecule has 0 radical (unpaired) electrons. The number of rotatable bonds is 5. The summed E-state index contributed by atoms with van der Waals surface area (Å²) in [5.74, 6) is -0.703. The summed E-state index contributed by atoms with van der Waals surface area (Å²) >= 11 is 8.03. The molecule has 0 bridgehead atoms. The van der Waals surface area contributed by atoms with E-state index in [9.17, 15) is 14.9 Å². The first-order valence-corrected chi connectivity index (χ1v) is 10.2. The fraction of sp³-hybridized carbons (Fsp3) is 0. The molecule has 1 amide bonds. The molecule has 5 nitrogen and oxygen atoms in total. The van der Waals surface area contributed by atoms with Crippen LogP contribution in [0.25, 0.3) is 6.08 Å². The number of hydrogen-bond acceptors (Lipinski definition) is 4. The molecule has 1 N–H and O–H groups in total. The number of hydrogen-bond donors (Lipinski definition) is 1. The first-order chi connectivity index (χ1) is 14.4. The fourth-order valence-corrected chi connectivity index (χ4v) is 3.23. The van der Waals surface area contributed by atoms with E-state index in [1.165, 1.54) is 12.1 Å². The quantitative estimate of drug-likeness (QED) is 0.151. The van der Waals surface area contributed by atoms with Crippen LogP contribution in [-0.4, -0.2) is 11.9 Å². The number of anilines is 1. The molecular formula is C23H14ClIN2O3. The van der Waals surface area contributed by atoms with E-state index >= 15 is 0 Å². The highest BCUT2D eigenvalue weighted by Crippen LogP contribution is 2.19. The molecule has 0 aliphatic rings. The van der Waals surface area contributed by atoms with Gasteiger partial charge in [0.2, 0.25) is 0 Å². The second-order valence-corrected chi connectivity index (χ2v) is 7.79.